The van der Waals surface area contributed by atoms with Gasteiger partial charge in [-0.1, -0.05) is 6.07 Å². The minimum absolute atomic E-state index is 0.0814. The van der Waals surface area contributed by atoms with Crippen LogP contribution in [-0.2, 0) is 0 Å². The van der Waals surface area contributed by atoms with Gasteiger partial charge in [-0.05, 0) is 43.9 Å². The molecule has 1 saturated carbocycles. The number of alkyl halides is 2. The van der Waals surface area contributed by atoms with Gasteiger partial charge in [-0.2, -0.15) is 8.78 Å². The maximum atomic E-state index is 13.2. The Morgan fingerprint density at radius 3 is 2.29 bits per heavy atom. The predicted octanol–water partition coefficient (Wildman–Crippen LogP) is 4.69. The number of ether oxygens (including phenoxy) is 2. The minimum Gasteiger partial charge on any atom is -0.490 e. The van der Waals surface area contributed by atoms with Gasteiger partial charge in [-0.25, -0.2) is 8.78 Å². The first-order valence-corrected chi connectivity index (χ1v) is 8.87. The molecule has 0 heterocycles. The minimum atomic E-state index is -2.96. The lowest BCUT2D eigenvalue weighted by molar-refractivity contribution is -0.0498. The SMILES string of the molecule is O=C(NC1CCC(Oc2cc(F)cc(F)c2)CC1)c1cccc(OC(F)F)c1. The largest absolute Gasteiger partial charge is 0.490 e. The van der Waals surface area contributed by atoms with E-state index in [9.17, 15) is 22.4 Å². The van der Waals surface area contributed by atoms with Crippen molar-refractivity contribution >= 4 is 5.91 Å². The summed E-state index contributed by atoms with van der Waals surface area (Å²) in [6.45, 7) is -2.96. The van der Waals surface area contributed by atoms with Crippen LogP contribution in [0.25, 0.3) is 0 Å². The van der Waals surface area contributed by atoms with Crippen LogP contribution in [0, 0.1) is 11.6 Å². The summed E-state index contributed by atoms with van der Waals surface area (Å²) in [6.07, 6.45) is 2.27. The molecule has 0 radical (unpaired) electrons. The van der Waals surface area contributed by atoms with Crippen LogP contribution in [-0.4, -0.2) is 24.7 Å². The van der Waals surface area contributed by atoms with Crippen LogP contribution in [0.4, 0.5) is 17.6 Å². The van der Waals surface area contributed by atoms with Crippen molar-refractivity contribution in [1.82, 2.24) is 5.32 Å². The van der Waals surface area contributed by atoms with Crippen LogP contribution in [0.15, 0.2) is 42.5 Å². The van der Waals surface area contributed by atoms with Gasteiger partial charge in [0, 0.05) is 29.8 Å². The van der Waals surface area contributed by atoms with E-state index in [1.807, 2.05) is 0 Å². The Morgan fingerprint density at radius 1 is 0.964 bits per heavy atom. The number of hydrogen-bond donors (Lipinski definition) is 1. The fourth-order valence-electron chi connectivity index (χ4n) is 3.20. The zero-order chi connectivity index (χ0) is 20.1. The number of benzene rings is 2. The van der Waals surface area contributed by atoms with Gasteiger partial charge < -0.3 is 14.8 Å². The molecule has 3 rings (SSSR count). The average molecular weight is 397 g/mol. The second kappa shape index (κ2) is 8.95. The molecular formula is C20H19F4NO3. The molecule has 28 heavy (non-hydrogen) atoms. The van der Waals surface area contributed by atoms with Gasteiger partial charge >= 0.3 is 6.61 Å². The molecule has 0 spiro atoms. The quantitative estimate of drug-likeness (QED) is 0.720. The maximum Gasteiger partial charge on any atom is 0.387 e. The Balaban J connectivity index is 1.50. The van der Waals surface area contributed by atoms with Crippen molar-refractivity contribution in [3.63, 3.8) is 0 Å². The Hall–Kier alpha value is -2.77. The summed E-state index contributed by atoms with van der Waals surface area (Å²) >= 11 is 0. The Labute approximate surface area is 159 Å². The van der Waals surface area contributed by atoms with Crippen molar-refractivity contribution in [2.75, 3.05) is 0 Å². The highest BCUT2D eigenvalue weighted by Crippen LogP contribution is 2.25. The Bertz CT molecular complexity index is 803. The van der Waals surface area contributed by atoms with E-state index < -0.39 is 18.2 Å². The van der Waals surface area contributed by atoms with Gasteiger partial charge in [0.2, 0.25) is 0 Å². The first kappa shape index (κ1) is 20.0. The van der Waals surface area contributed by atoms with Crippen molar-refractivity contribution in [3.05, 3.63) is 59.7 Å². The van der Waals surface area contributed by atoms with Gasteiger partial charge in [0.15, 0.2) is 0 Å². The van der Waals surface area contributed by atoms with Crippen LogP contribution < -0.4 is 14.8 Å². The van der Waals surface area contributed by atoms with Crippen LogP contribution >= 0.6 is 0 Å². The lowest BCUT2D eigenvalue weighted by atomic mass is 9.92. The molecule has 0 atom stereocenters. The molecule has 8 heteroatoms. The number of halogens is 4. The number of carbonyl (C=O) groups is 1. The normalized spacial score (nSPS) is 19.3. The van der Waals surface area contributed by atoms with E-state index in [0.717, 1.165) is 18.2 Å². The van der Waals surface area contributed by atoms with E-state index in [1.54, 1.807) is 0 Å². The van der Waals surface area contributed by atoms with Gasteiger partial charge in [-0.3, -0.25) is 4.79 Å². The van der Waals surface area contributed by atoms with E-state index in [0.29, 0.717) is 25.7 Å². The zero-order valence-electron chi connectivity index (χ0n) is 14.8. The molecular weight excluding hydrogens is 378 g/mol. The van der Waals surface area contributed by atoms with Crippen molar-refractivity contribution in [2.45, 2.75) is 44.4 Å². The van der Waals surface area contributed by atoms with Crippen molar-refractivity contribution in [3.8, 4) is 11.5 Å². The lowest BCUT2D eigenvalue weighted by Gasteiger charge is -2.29. The van der Waals surface area contributed by atoms with Crippen LogP contribution in [0.2, 0.25) is 0 Å². The third-order valence-electron chi connectivity index (χ3n) is 4.47. The maximum absolute atomic E-state index is 13.2. The van der Waals surface area contributed by atoms with Gasteiger partial charge in [-0.15, -0.1) is 0 Å². The van der Waals surface area contributed by atoms with Gasteiger partial charge in [0.1, 0.15) is 23.1 Å². The average Bonchev–Trinajstić information content (AvgIpc) is 2.62. The summed E-state index contributed by atoms with van der Waals surface area (Å²) in [4.78, 5) is 12.3. The van der Waals surface area contributed by atoms with E-state index in [1.165, 1.54) is 24.3 Å². The predicted molar refractivity (Wildman–Crippen MR) is 93.6 cm³/mol. The lowest BCUT2D eigenvalue weighted by Crippen LogP contribution is -2.39. The summed E-state index contributed by atoms with van der Waals surface area (Å²) in [5.74, 6) is -1.72. The molecule has 2 aromatic rings. The molecule has 2 aromatic carbocycles. The number of amides is 1. The number of carbonyl (C=O) groups excluding carboxylic acids is 1. The molecule has 1 fully saturated rings. The summed E-state index contributed by atoms with van der Waals surface area (Å²) in [7, 11) is 0. The molecule has 4 nitrogen and oxygen atoms in total. The third kappa shape index (κ3) is 5.61. The van der Waals surface area contributed by atoms with Crippen LogP contribution in [0.3, 0.4) is 0 Å². The van der Waals surface area contributed by atoms with Crippen molar-refractivity contribution < 1.29 is 31.8 Å². The Morgan fingerprint density at radius 2 is 1.64 bits per heavy atom. The number of nitrogens with one attached hydrogen (secondary N) is 1. The first-order valence-electron chi connectivity index (χ1n) is 8.87. The summed E-state index contributed by atoms with van der Waals surface area (Å²) in [5.41, 5.74) is 0.228. The van der Waals surface area contributed by atoms with E-state index in [-0.39, 0.29) is 35.1 Å². The smallest absolute Gasteiger partial charge is 0.387 e. The monoisotopic (exact) mass is 397 g/mol. The Kier molecular flexibility index (Phi) is 6.38. The molecule has 1 amide bonds. The second-order valence-electron chi connectivity index (χ2n) is 6.58. The highest BCUT2D eigenvalue weighted by atomic mass is 19.3. The fourth-order valence-corrected chi connectivity index (χ4v) is 3.20. The van der Waals surface area contributed by atoms with Crippen molar-refractivity contribution in [2.24, 2.45) is 0 Å². The van der Waals surface area contributed by atoms with Crippen LogP contribution in [0.1, 0.15) is 36.0 Å². The summed E-state index contributed by atoms with van der Waals surface area (Å²) < 4.78 is 61.0. The topological polar surface area (TPSA) is 47.6 Å². The fraction of sp³-hybridized carbons (Fsp3) is 0.350. The molecule has 1 aliphatic carbocycles. The molecule has 1 aliphatic rings. The molecule has 0 bridgehead atoms. The highest BCUT2D eigenvalue weighted by molar-refractivity contribution is 5.94. The zero-order valence-corrected chi connectivity index (χ0v) is 14.8. The summed E-state index contributed by atoms with van der Waals surface area (Å²) in [5, 5.41) is 2.86. The van der Waals surface area contributed by atoms with Gasteiger partial charge in [0.05, 0.1) is 6.10 Å². The molecule has 0 aromatic heterocycles. The third-order valence-corrected chi connectivity index (χ3v) is 4.47. The van der Waals surface area contributed by atoms with Crippen LogP contribution in [0.5, 0.6) is 11.5 Å². The summed E-state index contributed by atoms with van der Waals surface area (Å²) in [6, 6.07) is 8.53. The van der Waals surface area contributed by atoms with E-state index >= 15 is 0 Å². The standard InChI is InChI=1S/C20H19F4NO3/c21-13-9-14(22)11-18(10-13)27-16-6-4-15(5-7-16)25-19(26)12-2-1-3-17(8-12)28-20(23)24/h1-3,8-11,15-16,20H,4-7H2,(H,25,26). The van der Waals surface area contributed by atoms with Gasteiger partial charge in [0.25, 0.3) is 5.91 Å². The molecule has 0 unspecified atom stereocenters. The highest BCUT2D eigenvalue weighted by Gasteiger charge is 2.24. The number of hydrogen-bond acceptors (Lipinski definition) is 3. The molecule has 150 valence electrons. The molecule has 1 N–H and O–H groups in total. The molecule has 0 aliphatic heterocycles. The number of rotatable bonds is 6. The van der Waals surface area contributed by atoms with E-state index in [4.69, 9.17) is 4.74 Å². The first-order chi connectivity index (χ1) is 13.4. The second-order valence-corrected chi connectivity index (χ2v) is 6.58. The van der Waals surface area contributed by atoms with Crippen molar-refractivity contribution in [1.29, 1.82) is 0 Å². The van der Waals surface area contributed by atoms with E-state index in [2.05, 4.69) is 10.1 Å². The molecule has 0 saturated heterocycles.